The molecule has 10 heteroatoms. The van der Waals surface area contributed by atoms with Crippen LogP contribution in [0.15, 0.2) is 39.5 Å². The number of sulfonamides is 1. The third-order valence-electron chi connectivity index (χ3n) is 5.63. The minimum Gasteiger partial charge on any atom is -0.316 e. The molecule has 1 aromatic carbocycles. The molecule has 6 nitrogen and oxygen atoms in total. The predicted molar refractivity (Wildman–Crippen MR) is 126 cm³/mol. The van der Waals surface area contributed by atoms with Crippen molar-refractivity contribution in [3.63, 3.8) is 0 Å². The molecular weight excluding hydrogens is 474 g/mol. The summed E-state index contributed by atoms with van der Waals surface area (Å²) in [6.07, 6.45) is 1.86. The third kappa shape index (κ3) is 4.39. The van der Waals surface area contributed by atoms with Crippen LogP contribution in [0.2, 0.25) is 4.34 Å². The summed E-state index contributed by atoms with van der Waals surface area (Å²) < 4.78 is 30.9. The zero-order valence-corrected chi connectivity index (χ0v) is 20.6. The number of piperidine rings is 1. The molecule has 1 aliphatic heterocycles. The van der Waals surface area contributed by atoms with Crippen molar-refractivity contribution in [2.45, 2.75) is 43.9 Å². The lowest BCUT2D eigenvalue weighted by atomic mass is 9.98. The van der Waals surface area contributed by atoms with Crippen LogP contribution in [0.5, 0.6) is 0 Å². The molecule has 0 bridgehead atoms. The lowest BCUT2D eigenvalue weighted by Gasteiger charge is -2.29. The number of carbonyl (C=O) groups excluding carboxylic acids is 1. The van der Waals surface area contributed by atoms with Gasteiger partial charge in [0.25, 0.3) is 15.9 Å². The van der Waals surface area contributed by atoms with Crippen LogP contribution >= 0.6 is 34.3 Å². The number of hydrogen-bond acceptors (Lipinski definition) is 5. The number of aromatic nitrogens is 1. The Labute approximate surface area is 194 Å². The predicted octanol–water partition coefficient (Wildman–Crippen LogP) is 4.53. The molecule has 0 N–H and O–H groups in total. The fourth-order valence-electron chi connectivity index (χ4n) is 3.96. The molecule has 31 heavy (non-hydrogen) atoms. The van der Waals surface area contributed by atoms with E-state index >= 15 is 0 Å². The quantitative estimate of drug-likeness (QED) is 0.520. The lowest BCUT2D eigenvalue weighted by molar-refractivity contribution is -0.122. The number of fused-ring (bicyclic) bond motifs is 1. The number of halogens is 1. The Morgan fingerprint density at radius 2 is 1.90 bits per heavy atom. The van der Waals surface area contributed by atoms with Gasteiger partial charge in [-0.05, 0) is 49.9 Å². The largest absolute Gasteiger partial charge is 0.316 e. The summed E-state index contributed by atoms with van der Waals surface area (Å²) in [5, 5.41) is 0. The number of hydrogen-bond donors (Lipinski definition) is 0. The Bertz CT molecular complexity index is 1280. The van der Waals surface area contributed by atoms with Gasteiger partial charge in [0.05, 0.1) is 14.6 Å². The van der Waals surface area contributed by atoms with E-state index in [-0.39, 0.29) is 16.0 Å². The van der Waals surface area contributed by atoms with Crippen LogP contribution < -0.4 is 4.80 Å². The summed E-state index contributed by atoms with van der Waals surface area (Å²) in [7, 11) is -3.56. The summed E-state index contributed by atoms with van der Waals surface area (Å²) in [6.45, 7) is 5.54. The second kappa shape index (κ2) is 9.15. The van der Waals surface area contributed by atoms with Crippen LogP contribution in [0, 0.1) is 5.92 Å². The number of amides is 1. The van der Waals surface area contributed by atoms with Crippen molar-refractivity contribution in [2.75, 3.05) is 13.1 Å². The highest BCUT2D eigenvalue weighted by Crippen LogP contribution is 2.31. The van der Waals surface area contributed by atoms with Gasteiger partial charge in [-0.25, -0.2) is 8.42 Å². The zero-order chi connectivity index (χ0) is 22.2. The average Bonchev–Trinajstić information content (AvgIpc) is 3.37. The first kappa shape index (κ1) is 22.7. The van der Waals surface area contributed by atoms with Crippen LogP contribution in [0.4, 0.5) is 0 Å². The minimum atomic E-state index is -3.56. The molecule has 1 saturated heterocycles. The Balaban J connectivity index is 1.54. The van der Waals surface area contributed by atoms with E-state index in [1.165, 1.54) is 27.3 Å². The minimum absolute atomic E-state index is 0.164. The van der Waals surface area contributed by atoms with Crippen molar-refractivity contribution in [1.82, 2.24) is 8.87 Å². The maximum Gasteiger partial charge on any atom is 0.252 e. The number of para-hydroxylation sites is 1. The Morgan fingerprint density at radius 1 is 1.16 bits per heavy atom. The molecule has 1 aliphatic rings. The van der Waals surface area contributed by atoms with E-state index in [2.05, 4.69) is 35.5 Å². The molecule has 0 unspecified atom stereocenters. The molecule has 3 heterocycles. The summed E-state index contributed by atoms with van der Waals surface area (Å²) >= 11 is 8.49. The van der Waals surface area contributed by atoms with E-state index < -0.39 is 10.0 Å². The van der Waals surface area contributed by atoms with Crippen LogP contribution in [-0.4, -0.2) is 36.3 Å². The highest BCUT2D eigenvalue weighted by molar-refractivity contribution is 7.91. The van der Waals surface area contributed by atoms with Crippen LogP contribution in [-0.2, 0) is 27.8 Å². The van der Waals surface area contributed by atoms with E-state index in [1.807, 2.05) is 6.07 Å². The Morgan fingerprint density at radius 3 is 2.52 bits per heavy atom. The number of carbonyl (C=O) groups is 1. The summed E-state index contributed by atoms with van der Waals surface area (Å²) in [6, 6.07) is 9.34. The van der Waals surface area contributed by atoms with Crippen molar-refractivity contribution >= 4 is 60.4 Å². The summed E-state index contributed by atoms with van der Waals surface area (Å²) in [5.74, 6) is -0.428. The van der Waals surface area contributed by atoms with Gasteiger partial charge in [0.1, 0.15) is 4.21 Å². The van der Waals surface area contributed by atoms with Crippen LogP contribution in [0.3, 0.4) is 0 Å². The van der Waals surface area contributed by atoms with Gasteiger partial charge < -0.3 is 4.57 Å². The van der Waals surface area contributed by atoms with Crippen molar-refractivity contribution in [2.24, 2.45) is 10.9 Å². The standard InChI is InChI=1S/C21H24ClN3O3S3/c1-3-14-6-5-7-16-19(14)25(4-2)21(29-16)23-20(26)15-10-12-24(13-11-15)31(27,28)18-9-8-17(22)30-18/h5-9,15H,3-4,10-13H2,1-2H3. The Kier molecular flexibility index (Phi) is 6.69. The molecule has 0 spiro atoms. The molecule has 4 rings (SSSR count). The average molecular weight is 498 g/mol. The topological polar surface area (TPSA) is 71.7 Å². The van der Waals surface area contributed by atoms with Gasteiger partial charge in [0.2, 0.25) is 0 Å². The van der Waals surface area contributed by atoms with Crippen LogP contribution in [0.1, 0.15) is 32.3 Å². The summed E-state index contributed by atoms with van der Waals surface area (Å²) in [4.78, 5) is 18.1. The van der Waals surface area contributed by atoms with Gasteiger partial charge >= 0.3 is 0 Å². The SMILES string of the molecule is CCc1cccc2sc(=NC(=O)C3CCN(S(=O)(=O)c4ccc(Cl)s4)CC3)n(CC)c12. The number of thiophene rings is 1. The van der Waals surface area contributed by atoms with Crippen molar-refractivity contribution < 1.29 is 13.2 Å². The molecule has 1 amide bonds. The maximum atomic E-state index is 12.9. The molecule has 0 aliphatic carbocycles. The fraction of sp³-hybridized carbons (Fsp3) is 0.429. The van der Waals surface area contributed by atoms with Gasteiger partial charge in [-0.3, -0.25) is 4.79 Å². The van der Waals surface area contributed by atoms with Crippen molar-refractivity contribution in [3.8, 4) is 0 Å². The third-order valence-corrected chi connectivity index (χ3v) is 10.3. The normalized spacial score (nSPS) is 16.9. The van der Waals surface area contributed by atoms with Gasteiger partial charge in [-0.15, -0.1) is 11.3 Å². The first-order valence-corrected chi connectivity index (χ1v) is 13.8. The zero-order valence-electron chi connectivity index (χ0n) is 17.4. The first-order valence-electron chi connectivity index (χ1n) is 10.3. The Hall–Kier alpha value is -1.52. The number of thiazole rings is 1. The number of nitrogens with zero attached hydrogens (tertiary/aromatic N) is 3. The number of benzene rings is 1. The van der Waals surface area contributed by atoms with E-state index in [0.29, 0.717) is 35.1 Å². The monoisotopic (exact) mass is 497 g/mol. The first-order chi connectivity index (χ1) is 14.8. The van der Waals surface area contributed by atoms with Gasteiger partial charge in [-0.1, -0.05) is 42.0 Å². The van der Waals surface area contributed by atoms with Crippen molar-refractivity contribution in [3.05, 3.63) is 45.0 Å². The number of rotatable bonds is 5. The molecule has 166 valence electrons. The van der Waals surface area contributed by atoms with E-state index in [4.69, 9.17) is 11.6 Å². The highest BCUT2D eigenvalue weighted by Gasteiger charge is 2.33. The van der Waals surface area contributed by atoms with Gasteiger partial charge in [0, 0.05) is 25.6 Å². The molecule has 1 fully saturated rings. The smallest absolute Gasteiger partial charge is 0.252 e. The lowest BCUT2D eigenvalue weighted by Crippen LogP contribution is -2.40. The molecule has 3 aromatic rings. The second-order valence-electron chi connectivity index (χ2n) is 7.43. The molecular formula is C21H24ClN3O3S3. The van der Waals surface area contributed by atoms with E-state index in [9.17, 15) is 13.2 Å². The molecule has 0 atom stereocenters. The highest BCUT2D eigenvalue weighted by atomic mass is 35.5. The molecule has 0 radical (unpaired) electrons. The van der Waals surface area contributed by atoms with E-state index in [1.54, 1.807) is 6.07 Å². The van der Waals surface area contributed by atoms with Gasteiger partial charge in [-0.2, -0.15) is 9.30 Å². The number of aryl methyl sites for hydroxylation is 2. The summed E-state index contributed by atoms with van der Waals surface area (Å²) in [5.41, 5.74) is 2.40. The molecule has 0 saturated carbocycles. The molecule has 2 aromatic heterocycles. The van der Waals surface area contributed by atoms with Crippen molar-refractivity contribution in [1.29, 1.82) is 0 Å². The fourth-order valence-corrected chi connectivity index (χ4v) is 8.21. The second-order valence-corrected chi connectivity index (χ2v) is 12.3. The maximum absolute atomic E-state index is 12.9. The van der Waals surface area contributed by atoms with E-state index in [0.717, 1.165) is 34.5 Å². The van der Waals surface area contributed by atoms with Gasteiger partial charge in [0.15, 0.2) is 4.80 Å². The van der Waals surface area contributed by atoms with Crippen LogP contribution in [0.25, 0.3) is 10.2 Å².